The number of hydrogen-bond acceptors (Lipinski definition) is 4. The minimum Gasteiger partial charge on any atom is -0.494 e. The summed E-state index contributed by atoms with van der Waals surface area (Å²) in [6.07, 6.45) is 1.86. The molecular formula is C20H21N3O4. The highest BCUT2D eigenvalue weighted by molar-refractivity contribution is 5.99. The second kappa shape index (κ2) is 8.35. The predicted octanol–water partition coefficient (Wildman–Crippen LogP) is 2.51. The van der Waals surface area contributed by atoms with Crippen molar-refractivity contribution in [3.05, 3.63) is 59.7 Å². The zero-order chi connectivity index (χ0) is 19.2. The van der Waals surface area contributed by atoms with Crippen molar-refractivity contribution in [1.82, 2.24) is 10.9 Å². The van der Waals surface area contributed by atoms with Gasteiger partial charge in [0.05, 0.1) is 6.61 Å². The molecule has 3 rings (SSSR count). The Hall–Kier alpha value is -3.35. The number of carbonyl (C=O) groups is 3. The van der Waals surface area contributed by atoms with Crippen LogP contribution in [-0.2, 0) is 4.79 Å². The first-order valence-electron chi connectivity index (χ1n) is 8.81. The first-order valence-corrected chi connectivity index (χ1v) is 8.81. The topological polar surface area (TPSA) is 96.5 Å². The first-order chi connectivity index (χ1) is 13.1. The van der Waals surface area contributed by atoms with E-state index in [0.717, 1.165) is 12.8 Å². The molecule has 0 atom stereocenters. The minimum atomic E-state index is -0.450. The molecule has 1 aliphatic rings. The number of hydrogen-bond donors (Lipinski definition) is 3. The Balaban J connectivity index is 1.50. The lowest BCUT2D eigenvalue weighted by molar-refractivity contribution is -0.117. The Kier molecular flexibility index (Phi) is 5.71. The van der Waals surface area contributed by atoms with Gasteiger partial charge in [0, 0.05) is 22.7 Å². The number of hydrazine groups is 1. The predicted molar refractivity (Wildman–Crippen MR) is 100 cm³/mol. The summed E-state index contributed by atoms with van der Waals surface area (Å²) < 4.78 is 5.32. The van der Waals surface area contributed by atoms with Gasteiger partial charge in [-0.2, -0.15) is 0 Å². The van der Waals surface area contributed by atoms with Crippen molar-refractivity contribution >= 4 is 23.4 Å². The van der Waals surface area contributed by atoms with Crippen LogP contribution in [0.15, 0.2) is 48.5 Å². The van der Waals surface area contributed by atoms with Crippen molar-refractivity contribution in [1.29, 1.82) is 0 Å². The number of carbonyl (C=O) groups excluding carboxylic acids is 3. The molecule has 0 aromatic heterocycles. The Morgan fingerprint density at radius 3 is 1.89 bits per heavy atom. The van der Waals surface area contributed by atoms with E-state index in [0.29, 0.717) is 29.2 Å². The van der Waals surface area contributed by atoms with Gasteiger partial charge in [-0.25, -0.2) is 0 Å². The fraction of sp³-hybridized carbons (Fsp3) is 0.250. The van der Waals surface area contributed by atoms with E-state index in [1.165, 1.54) is 0 Å². The molecule has 140 valence electrons. The molecule has 7 nitrogen and oxygen atoms in total. The van der Waals surface area contributed by atoms with Crippen LogP contribution in [0.25, 0.3) is 0 Å². The molecule has 0 saturated heterocycles. The Labute approximate surface area is 157 Å². The highest BCUT2D eigenvalue weighted by atomic mass is 16.5. The van der Waals surface area contributed by atoms with E-state index in [2.05, 4.69) is 16.2 Å². The van der Waals surface area contributed by atoms with Gasteiger partial charge in [-0.05, 0) is 68.3 Å². The third-order valence-corrected chi connectivity index (χ3v) is 4.08. The molecular weight excluding hydrogens is 346 g/mol. The number of rotatable bonds is 6. The van der Waals surface area contributed by atoms with E-state index in [4.69, 9.17) is 4.74 Å². The van der Waals surface area contributed by atoms with Crippen LogP contribution in [0.5, 0.6) is 5.75 Å². The molecule has 3 amide bonds. The van der Waals surface area contributed by atoms with Crippen LogP contribution in [0.2, 0.25) is 0 Å². The SMILES string of the molecule is CCOc1ccc(C(=O)NNC(=O)c2ccc(NC(=O)C3CC3)cc2)cc1. The molecule has 1 saturated carbocycles. The summed E-state index contributed by atoms with van der Waals surface area (Å²) in [6, 6.07) is 13.1. The fourth-order valence-electron chi connectivity index (χ4n) is 2.42. The van der Waals surface area contributed by atoms with E-state index in [-0.39, 0.29) is 11.8 Å². The van der Waals surface area contributed by atoms with Gasteiger partial charge in [0.2, 0.25) is 5.91 Å². The number of anilines is 1. The molecule has 1 fully saturated rings. The molecule has 0 spiro atoms. The summed E-state index contributed by atoms with van der Waals surface area (Å²) in [5, 5.41) is 2.80. The lowest BCUT2D eigenvalue weighted by Gasteiger charge is -2.09. The maximum absolute atomic E-state index is 12.1. The molecule has 2 aromatic rings. The van der Waals surface area contributed by atoms with Gasteiger partial charge >= 0.3 is 0 Å². The largest absolute Gasteiger partial charge is 0.494 e. The molecule has 0 heterocycles. The van der Waals surface area contributed by atoms with Crippen LogP contribution < -0.4 is 20.9 Å². The van der Waals surface area contributed by atoms with Gasteiger partial charge in [-0.1, -0.05) is 0 Å². The molecule has 0 aliphatic heterocycles. The van der Waals surface area contributed by atoms with Gasteiger partial charge in [-0.3, -0.25) is 25.2 Å². The van der Waals surface area contributed by atoms with Crippen molar-refractivity contribution in [2.24, 2.45) is 5.92 Å². The van der Waals surface area contributed by atoms with Crippen LogP contribution >= 0.6 is 0 Å². The quantitative estimate of drug-likeness (QED) is 0.684. The molecule has 7 heteroatoms. The number of nitrogens with one attached hydrogen (secondary N) is 3. The van der Waals surface area contributed by atoms with E-state index in [9.17, 15) is 14.4 Å². The highest BCUT2D eigenvalue weighted by Crippen LogP contribution is 2.30. The summed E-state index contributed by atoms with van der Waals surface area (Å²) in [5.74, 6) is -0.0818. The zero-order valence-electron chi connectivity index (χ0n) is 15.0. The number of ether oxygens (including phenoxy) is 1. The summed E-state index contributed by atoms with van der Waals surface area (Å²) in [4.78, 5) is 35.9. The van der Waals surface area contributed by atoms with Crippen molar-refractivity contribution < 1.29 is 19.1 Å². The van der Waals surface area contributed by atoms with Crippen LogP contribution in [0.3, 0.4) is 0 Å². The van der Waals surface area contributed by atoms with Gasteiger partial charge in [0.1, 0.15) is 5.75 Å². The summed E-state index contributed by atoms with van der Waals surface area (Å²) in [6.45, 7) is 2.42. The number of amides is 3. The Morgan fingerprint density at radius 1 is 0.889 bits per heavy atom. The maximum Gasteiger partial charge on any atom is 0.269 e. The summed E-state index contributed by atoms with van der Waals surface area (Å²) in [7, 11) is 0. The molecule has 3 N–H and O–H groups in total. The highest BCUT2D eigenvalue weighted by Gasteiger charge is 2.29. The van der Waals surface area contributed by atoms with E-state index < -0.39 is 11.8 Å². The monoisotopic (exact) mass is 367 g/mol. The van der Waals surface area contributed by atoms with Gasteiger partial charge in [-0.15, -0.1) is 0 Å². The van der Waals surface area contributed by atoms with Crippen LogP contribution in [0.4, 0.5) is 5.69 Å². The van der Waals surface area contributed by atoms with Crippen LogP contribution in [-0.4, -0.2) is 24.3 Å². The Bertz CT molecular complexity index is 827. The van der Waals surface area contributed by atoms with E-state index >= 15 is 0 Å². The van der Waals surface area contributed by atoms with Gasteiger partial charge < -0.3 is 10.1 Å². The van der Waals surface area contributed by atoms with Crippen LogP contribution in [0.1, 0.15) is 40.5 Å². The zero-order valence-corrected chi connectivity index (χ0v) is 15.0. The molecule has 2 aromatic carbocycles. The first kappa shape index (κ1) is 18.4. The lowest BCUT2D eigenvalue weighted by Crippen LogP contribution is -2.41. The Morgan fingerprint density at radius 2 is 1.41 bits per heavy atom. The normalized spacial score (nSPS) is 12.8. The smallest absolute Gasteiger partial charge is 0.269 e. The third-order valence-electron chi connectivity index (χ3n) is 4.08. The second-order valence-corrected chi connectivity index (χ2v) is 6.21. The fourth-order valence-corrected chi connectivity index (χ4v) is 2.42. The average Bonchev–Trinajstić information content (AvgIpc) is 3.53. The van der Waals surface area contributed by atoms with Crippen molar-refractivity contribution in [3.8, 4) is 5.75 Å². The van der Waals surface area contributed by atoms with E-state index in [1.807, 2.05) is 6.92 Å². The van der Waals surface area contributed by atoms with Crippen molar-refractivity contribution in [2.45, 2.75) is 19.8 Å². The van der Waals surface area contributed by atoms with Crippen LogP contribution in [0, 0.1) is 5.92 Å². The number of benzene rings is 2. The molecule has 27 heavy (non-hydrogen) atoms. The molecule has 0 radical (unpaired) electrons. The van der Waals surface area contributed by atoms with E-state index in [1.54, 1.807) is 48.5 Å². The average molecular weight is 367 g/mol. The van der Waals surface area contributed by atoms with Crippen molar-refractivity contribution in [3.63, 3.8) is 0 Å². The lowest BCUT2D eigenvalue weighted by atomic mass is 10.2. The second-order valence-electron chi connectivity index (χ2n) is 6.21. The standard InChI is InChI=1S/C20H21N3O4/c1-2-27-17-11-7-15(8-12-17)20(26)23-22-19(25)14-5-9-16(10-6-14)21-18(24)13-3-4-13/h5-13H,2-4H2,1H3,(H,21,24)(H,22,25)(H,23,26). The molecule has 1 aliphatic carbocycles. The molecule has 0 unspecified atom stereocenters. The maximum atomic E-state index is 12.1. The third kappa shape index (κ3) is 5.07. The summed E-state index contributed by atoms with van der Waals surface area (Å²) in [5.41, 5.74) is 6.15. The summed E-state index contributed by atoms with van der Waals surface area (Å²) >= 11 is 0. The van der Waals surface area contributed by atoms with Gasteiger partial charge in [0.25, 0.3) is 11.8 Å². The molecule has 0 bridgehead atoms. The van der Waals surface area contributed by atoms with Crippen molar-refractivity contribution in [2.75, 3.05) is 11.9 Å². The van der Waals surface area contributed by atoms with Gasteiger partial charge in [0.15, 0.2) is 0 Å². The minimum absolute atomic E-state index is 0.00909.